The second-order valence-corrected chi connectivity index (χ2v) is 7.03. The van der Waals surface area contributed by atoms with Crippen LogP contribution in [0.2, 0.25) is 6.04 Å². The fourth-order valence-corrected chi connectivity index (χ4v) is 4.03. The van der Waals surface area contributed by atoms with Crippen molar-refractivity contribution in [3.8, 4) is 0 Å². The molecule has 18 heavy (non-hydrogen) atoms. The lowest BCUT2D eigenvalue weighted by Crippen LogP contribution is -2.45. The molecular formula is C14H30O3Si. The number of allylic oxidation sites excluding steroid dienone is 2. The van der Waals surface area contributed by atoms with Crippen LogP contribution < -0.4 is 0 Å². The van der Waals surface area contributed by atoms with Crippen molar-refractivity contribution in [2.75, 3.05) is 19.8 Å². The second kappa shape index (κ2) is 11.9. The number of hydrogen-bond acceptors (Lipinski definition) is 3. The summed E-state index contributed by atoms with van der Waals surface area (Å²) in [5, 5.41) is 0. The molecule has 0 aromatic heterocycles. The third-order valence-electron chi connectivity index (χ3n) is 2.68. The van der Waals surface area contributed by atoms with Crippen LogP contribution in [0.5, 0.6) is 0 Å². The lowest BCUT2D eigenvalue weighted by atomic mass is 10.1. The Hall–Kier alpha value is -0.163. The van der Waals surface area contributed by atoms with Gasteiger partial charge < -0.3 is 13.3 Å². The molecule has 0 atom stereocenters. The summed E-state index contributed by atoms with van der Waals surface area (Å²) < 4.78 is 16.7. The minimum Gasteiger partial charge on any atom is -0.374 e. The Morgan fingerprint density at radius 3 is 1.33 bits per heavy atom. The van der Waals surface area contributed by atoms with E-state index >= 15 is 0 Å². The van der Waals surface area contributed by atoms with Crippen LogP contribution in [0.25, 0.3) is 0 Å². The van der Waals surface area contributed by atoms with Crippen molar-refractivity contribution in [1.82, 2.24) is 0 Å². The molecule has 1 aliphatic rings. The average molecular weight is 274 g/mol. The Kier molecular flexibility index (Phi) is 11.8. The van der Waals surface area contributed by atoms with E-state index < -0.39 is 8.80 Å². The van der Waals surface area contributed by atoms with Gasteiger partial charge in [-0.25, -0.2) is 0 Å². The van der Waals surface area contributed by atoms with E-state index in [9.17, 15) is 0 Å². The zero-order valence-corrected chi connectivity index (χ0v) is 13.5. The van der Waals surface area contributed by atoms with Gasteiger partial charge in [0.2, 0.25) is 0 Å². The van der Waals surface area contributed by atoms with E-state index in [0.29, 0.717) is 19.8 Å². The zero-order chi connectivity index (χ0) is 13.7. The van der Waals surface area contributed by atoms with Crippen molar-refractivity contribution in [2.45, 2.75) is 59.4 Å². The van der Waals surface area contributed by atoms with E-state index in [2.05, 4.69) is 12.2 Å². The molecule has 0 aromatic carbocycles. The molecule has 0 saturated carbocycles. The monoisotopic (exact) mass is 274 g/mol. The molecule has 108 valence electrons. The van der Waals surface area contributed by atoms with Crippen LogP contribution in [-0.2, 0) is 13.3 Å². The minimum atomic E-state index is -2.27. The lowest BCUT2D eigenvalue weighted by molar-refractivity contribution is 0.0725. The van der Waals surface area contributed by atoms with Crippen molar-refractivity contribution in [3.63, 3.8) is 0 Å². The van der Waals surface area contributed by atoms with Crippen molar-refractivity contribution in [1.29, 1.82) is 0 Å². The van der Waals surface area contributed by atoms with Gasteiger partial charge in [-0.1, -0.05) is 19.1 Å². The third kappa shape index (κ3) is 8.03. The maximum Gasteiger partial charge on any atom is 0.500 e. The van der Waals surface area contributed by atoms with Crippen LogP contribution in [-0.4, -0.2) is 28.6 Å². The first-order valence-electron chi connectivity index (χ1n) is 7.31. The van der Waals surface area contributed by atoms with E-state index in [1.54, 1.807) is 0 Å². The van der Waals surface area contributed by atoms with E-state index in [-0.39, 0.29) is 0 Å². The van der Waals surface area contributed by atoms with Crippen molar-refractivity contribution in [2.24, 2.45) is 0 Å². The normalized spacial score (nSPS) is 15.1. The Morgan fingerprint density at radius 2 is 1.17 bits per heavy atom. The first-order valence-corrected chi connectivity index (χ1v) is 9.24. The molecule has 4 heteroatoms. The maximum atomic E-state index is 5.55. The summed E-state index contributed by atoms with van der Waals surface area (Å²) in [5.41, 5.74) is 0. The van der Waals surface area contributed by atoms with Crippen LogP contribution in [0.3, 0.4) is 0 Å². The standard InChI is InChI=1S/C8H20O3Si.C6H10/c1-5-9-12(8-4,10-6-2)11-7-3;1-2-4-6-5-3-1/h5-8H2,1-4H3;1-2H,3-6H2. The Balaban J connectivity index is 0.000000397. The zero-order valence-electron chi connectivity index (χ0n) is 12.5. The molecule has 0 amide bonds. The van der Waals surface area contributed by atoms with Crippen LogP contribution in [0, 0.1) is 0 Å². The smallest absolute Gasteiger partial charge is 0.374 e. The summed E-state index contributed by atoms with van der Waals surface area (Å²) in [6.45, 7) is 9.95. The van der Waals surface area contributed by atoms with Gasteiger partial charge in [0, 0.05) is 25.9 Å². The van der Waals surface area contributed by atoms with Crippen LogP contribution in [0.15, 0.2) is 12.2 Å². The lowest BCUT2D eigenvalue weighted by Gasteiger charge is -2.26. The Bertz CT molecular complexity index is 182. The van der Waals surface area contributed by atoms with Gasteiger partial charge in [-0.05, 0) is 46.5 Å². The molecule has 0 fully saturated rings. The average Bonchev–Trinajstić information content (AvgIpc) is 2.42. The molecule has 0 N–H and O–H groups in total. The molecule has 0 bridgehead atoms. The van der Waals surface area contributed by atoms with Crippen molar-refractivity contribution >= 4 is 8.80 Å². The molecule has 0 saturated heterocycles. The quantitative estimate of drug-likeness (QED) is 0.515. The SMILES string of the molecule is C1=CCCCC1.CCO[Si](CC)(OCC)OCC. The predicted molar refractivity (Wildman–Crippen MR) is 78.7 cm³/mol. The molecule has 0 heterocycles. The molecule has 1 rings (SSSR count). The van der Waals surface area contributed by atoms with Crippen molar-refractivity contribution < 1.29 is 13.3 Å². The largest absolute Gasteiger partial charge is 0.500 e. The van der Waals surface area contributed by atoms with Gasteiger partial charge in [0.25, 0.3) is 0 Å². The Labute approximate surface area is 114 Å². The van der Waals surface area contributed by atoms with E-state index in [1.807, 2.05) is 27.7 Å². The third-order valence-corrected chi connectivity index (χ3v) is 5.74. The highest BCUT2D eigenvalue weighted by Crippen LogP contribution is 2.14. The van der Waals surface area contributed by atoms with Gasteiger partial charge in [0.15, 0.2) is 0 Å². The van der Waals surface area contributed by atoms with Gasteiger partial charge in [-0.3, -0.25) is 0 Å². The summed E-state index contributed by atoms with van der Waals surface area (Å²) in [5.74, 6) is 0. The fraction of sp³-hybridized carbons (Fsp3) is 0.857. The van der Waals surface area contributed by atoms with Gasteiger partial charge in [-0.15, -0.1) is 0 Å². The first-order chi connectivity index (χ1) is 8.74. The van der Waals surface area contributed by atoms with Gasteiger partial charge in [0.1, 0.15) is 0 Å². The second-order valence-electron chi connectivity index (χ2n) is 4.09. The molecule has 3 nitrogen and oxygen atoms in total. The van der Waals surface area contributed by atoms with Gasteiger partial charge in [-0.2, -0.15) is 0 Å². The maximum absolute atomic E-state index is 5.55. The predicted octanol–water partition coefficient (Wildman–Crippen LogP) is 4.17. The highest BCUT2D eigenvalue weighted by atomic mass is 28.4. The Morgan fingerprint density at radius 1 is 0.778 bits per heavy atom. The summed E-state index contributed by atoms with van der Waals surface area (Å²) in [6.07, 6.45) is 10.0. The van der Waals surface area contributed by atoms with Gasteiger partial charge in [0.05, 0.1) is 0 Å². The summed E-state index contributed by atoms with van der Waals surface area (Å²) >= 11 is 0. The first kappa shape index (κ1) is 17.8. The summed E-state index contributed by atoms with van der Waals surface area (Å²) in [7, 11) is -2.27. The molecule has 0 spiro atoms. The highest BCUT2D eigenvalue weighted by Gasteiger charge is 2.37. The van der Waals surface area contributed by atoms with E-state index in [1.165, 1.54) is 25.7 Å². The minimum absolute atomic E-state index is 0.667. The topological polar surface area (TPSA) is 27.7 Å². The molecule has 0 aromatic rings. The fourth-order valence-electron chi connectivity index (χ4n) is 1.85. The number of hydrogen-bond donors (Lipinski definition) is 0. The van der Waals surface area contributed by atoms with Crippen LogP contribution in [0.4, 0.5) is 0 Å². The molecule has 0 radical (unpaired) electrons. The van der Waals surface area contributed by atoms with E-state index in [0.717, 1.165) is 6.04 Å². The molecule has 0 unspecified atom stereocenters. The van der Waals surface area contributed by atoms with Gasteiger partial charge >= 0.3 is 8.80 Å². The summed E-state index contributed by atoms with van der Waals surface area (Å²) in [6, 6.07) is 0.850. The highest BCUT2D eigenvalue weighted by molar-refractivity contribution is 6.60. The van der Waals surface area contributed by atoms with Crippen molar-refractivity contribution in [3.05, 3.63) is 12.2 Å². The van der Waals surface area contributed by atoms with Crippen LogP contribution in [0.1, 0.15) is 53.4 Å². The molecule has 0 aliphatic heterocycles. The summed E-state index contributed by atoms with van der Waals surface area (Å²) in [4.78, 5) is 0. The molecule has 1 aliphatic carbocycles. The number of rotatable bonds is 7. The van der Waals surface area contributed by atoms with Crippen LogP contribution >= 0.6 is 0 Å². The van der Waals surface area contributed by atoms with E-state index in [4.69, 9.17) is 13.3 Å². The molecular weight excluding hydrogens is 244 g/mol.